The summed E-state index contributed by atoms with van der Waals surface area (Å²) in [5.74, 6) is -0.934. The summed E-state index contributed by atoms with van der Waals surface area (Å²) < 4.78 is 5.82. The Morgan fingerprint density at radius 2 is 1.47 bits per heavy atom. The zero-order chi connectivity index (χ0) is 23.5. The third-order valence-electron chi connectivity index (χ3n) is 6.80. The van der Waals surface area contributed by atoms with Crippen molar-refractivity contribution < 1.29 is 19.4 Å². The summed E-state index contributed by atoms with van der Waals surface area (Å²) in [5.41, 5.74) is 5.85. The van der Waals surface area contributed by atoms with Gasteiger partial charge in [0.1, 0.15) is 6.61 Å². The molecule has 174 valence electrons. The summed E-state index contributed by atoms with van der Waals surface area (Å²) in [6.45, 7) is 2.59. The number of benzene rings is 3. The molecule has 1 atom stereocenters. The van der Waals surface area contributed by atoms with E-state index < -0.39 is 18.1 Å². The maximum absolute atomic E-state index is 13.1. The van der Waals surface area contributed by atoms with Crippen molar-refractivity contribution in [2.24, 2.45) is 0 Å². The van der Waals surface area contributed by atoms with Crippen LogP contribution in [-0.2, 0) is 16.1 Å². The molecular weight excluding hydrogens is 428 g/mol. The number of hydrogen-bond acceptors (Lipinski definition) is 4. The largest absolute Gasteiger partial charge is 0.481 e. The van der Waals surface area contributed by atoms with Crippen molar-refractivity contribution in [2.45, 2.75) is 24.9 Å². The molecule has 34 heavy (non-hydrogen) atoms. The minimum Gasteiger partial charge on any atom is -0.481 e. The van der Waals surface area contributed by atoms with Gasteiger partial charge in [-0.05, 0) is 27.8 Å². The van der Waals surface area contributed by atoms with Crippen LogP contribution < -0.4 is 0 Å². The standard InChI is InChI=1S/C28H28N2O4/c31-27(32)16-21-18-29(17-20-8-2-1-3-9-20)14-15-30(21)28(33)34-19-26-24-12-6-4-10-22(24)23-11-5-7-13-25(23)26/h1-13,21,26H,14-19H2,(H,31,32)/t21-/m0/s1. The summed E-state index contributed by atoms with van der Waals surface area (Å²) in [7, 11) is 0. The third-order valence-corrected chi connectivity index (χ3v) is 6.80. The van der Waals surface area contributed by atoms with Gasteiger partial charge in [0.2, 0.25) is 0 Å². The lowest BCUT2D eigenvalue weighted by atomic mass is 9.98. The molecule has 1 aliphatic carbocycles. The van der Waals surface area contributed by atoms with Crippen molar-refractivity contribution in [2.75, 3.05) is 26.2 Å². The van der Waals surface area contributed by atoms with Crippen molar-refractivity contribution in [3.63, 3.8) is 0 Å². The normalized spacial score (nSPS) is 17.8. The van der Waals surface area contributed by atoms with Gasteiger partial charge in [-0.3, -0.25) is 9.69 Å². The molecule has 1 aliphatic heterocycles. The van der Waals surface area contributed by atoms with Crippen molar-refractivity contribution in [3.8, 4) is 11.1 Å². The Bertz CT molecular complexity index is 1130. The number of rotatable bonds is 6. The number of aliphatic carboxylic acids is 1. The number of nitrogens with zero attached hydrogens (tertiary/aromatic N) is 2. The van der Waals surface area contributed by atoms with E-state index in [2.05, 4.69) is 41.3 Å². The van der Waals surface area contributed by atoms with E-state index in [1.165, 1.54) is 16.7 Å². The highest BCUT2D eigenvalue weighted by molar-refractivity contribution is 5.79. The van der Waals surface area contributed by atoms with Crippen LogP contribution in [0.1, 0.15) is 29.0 Å². The van der Waals surface area contributed by atoms with E-state index >= 15 is 0 Å². The maximum Gasteiger partial charge on any atom is 0.410 e. The molecule has 1 amide bonds. The molecular formula is C28H28N2O4. The minimum atomic E-state index is -0.914. The number of carbonyl (C=O) groups excluding carboxylic acids is 1. The van der Waals surface area contributed by atoms with Gasteiger partial charge in [0.15, 0.2) is 0 Å². The van der Waals surface area contributed by atoms with Gasteiger partial charge in [-0.2, -0.15) is 0 Å². The third kappa shape index (κ3) is 4.54. The van der Waals surface area contributed by atoms with Crippen molar-refractivity contribution in [1.29, 1.82) is 0 Å². The molecule has 1 saturated heterocycles. The lowest BCUT2D eigenvalue weighted by molar-refractivity contribution is -0.138. The first-order valence-electron chi connectivity index (χ1n) is 11.7. The molecule has 0 bridgehead atoms. The van der Waals surface area contributed by atoms with Crippen LogP contribution in [0.15, 0.2) is 78.9 Å². The van der Waals surface area contributed by atoms with Gasteiger partial charge >= 0.3 is 12.1 Å². The molecule has 6 heteroatoms. The second kappa shape index (κ2) is 9.69. The number of amides is 1. The highest BCUT2D eigenvalue weighted by atomic mass is 16.6. The Morgan fingerprint density at radius 1 is 0.853 bits per heavy atom. The summed E-state index contributed by atoms with van der Waals surface area (Å²) in [5, 5.41) is 9.46. The van der Waals surface area contributed by atoms with Gasteiger partial charge in [-0.15, -0.1) is 0 Å². The van der Waals surface area contributed by atoms with Crippen LogP contribution in [0.3, 0.4) is 0 Å². The number of fused-ring (bicyclic) bond motifs is 3. The van der Waals surface area contributed by atoms with Crippen LogP contribution in [0.5, 0.6) is 0 Å². The Morgan fingerprint density at radius 3 is 2.12 bits per heavy atom. The summed E-state index contributed by atoms with van der Waals surface area (Å²) in [6.07, 6.45) is -0.539. The van der Waals surface area contributed by atoms with E-state index in [9.17, 15) is 14.7 Å². The Balaban J connectivity index is 1.27. The monoisotopic (exact) mass is 456 g/mol. The SMILES string of the molecule is O=C(O)C[C@H]1CN(Cc2ccccc2)CCN1C(=O)OCC1c2ccccc2-c2ccccc21. The number of carboxylic acid groups (broad SMARTS) is 1. The average molecular weight is 457 g/mol. The molecule has 1 fully saturated rings. The van der Waals surface area contributed by atoms with Gasteiger partial charge in [-0.25, -0.2) is 4.79 Å². The predicted molar refractivity (Wildman–Crippen MR) is 130 cm³/mol. The van der Waals surface area contributed by atoms with Crippen LogP contribution in [0.25, 0.3) is 11.1 Å². The van der Waals surface area contributed by atoms with E-state index in [4.69, 9.17) is 4.74 Å². The van der Waals surface area contributed by atoms with Gasteiger partial charge in [0, 0.05) is 32.1 Å². The fourth-order valence-electron chi connectivity index (χ4n) is 5.20. The lowest BCUT2D eigenvalue weighted by Gasteiger charge is -2.40. The first kappa shape index (κ1) is 22.2. The number of carbonyl (C=O) groups is 2. The fourth-order valence-corrected chi connectivity index (χ4v) is 5.20. The highest BCUT2D eigenvalue weighted by Crippen LogP contribution is 2.44. The summed E-state index contributed by atoms with van der Waals surface area (Å²) in [4.78, 5) is 28.5. The smallest absolute Gasteiger partial charge is 0.410 e. The molecule has 0 unspecified atom stereocenters. The molecule has 3 aromatic rings. The van der Waals surface area contributed by atoms with Gasteiger partial charge in [-0.1, -0.05) is 78.9 Å². The van der Waals surface area contributed by atoms with Crippen molar-refractivity contribution in [3.05, 3.63) is 95.6 Å². The molecule has 0 spiro atoms. The lowest BCUT2D eigenvalue weighted by Crippen LogP contribution is -2.55. The van der Waals surface area contributed by atoms with Crippen LogP contribution in [0.2, 0.25) is 0 Å². The average Bonchev–Trinajstić information content (AvgIpc) is 3.17. The first-order chi connectivity index (χ1) is 16.6. The second-order valence-electron chi connectivity index (χ2n) is 8.97. The van der Waals surface area contributed by atoms with Gasteiger partial charge < -0.3 is 14.7 Å². The van der Waals surface area contributed by atoms with E-state index in [-0.39, 0.29) is 18.9 Å². The van der Waals surface area contributed by atoms with E-state index in [0.29, 0.717) is 19.6 Å². The first-order valence-corrected chi connectivity index (χ1v) is 11.7. The molecule has 3 aromatic carbocycles. The topological polar surface area (TPSA) is 70.1 Å². The Hall–Kier alpha value is -3.64. The Kier molecular flexibility index (Phi) is 6.32. The number of ether oxygens (including phenoxy) is 1. The molecule has 1 N–H and O–H groups in total. The highest BCUT2D eigenvalue weighted by Gasteiger charge is 2.34. The molecule has 2 aliphatic rings. The van der Waals surface area contributed by atoms with Crippen LogP contribution in [-0.4, -0.2) is 59.3 Å². The van der Waals surface area contributed by atoms with Gasteiger partial charge in [0.05, 0.1) is 12.5 Å². The predicted octanol–water partition coefficient (Wildman–Crippen LogP) is 4.60. The molecule has 0 aromatic heterocycles. The van der Waals surface area contributed by atoms with E-state index in [0.717, 1.165) is 17.7 Å². The minimum absolute atomic E-state index is 0.0198. The zero-order valence-corrected chi connectivity index (χ0v) is 19.0. The zero-order valence-electron chi connectivity index (χ0n) is 19.0. The van der Waals surface area contributed by atoms with Crippen molar-refractivity contribution >= 4 is 12.1 Å². The van der Waals surface area contributed by atoms with Crippen LogP contribution >= 0.6 is 0 Å². The number of piperazine rings is 1. The number of carboxylic acids is 1. The molecule has 1 heterocycles. The quantitative estimate of drug-likeness (QED) is 0.587. The summed E-state index contributed by atoms with van der Waals surface area (Å²) >= 11 is 0. The van der Waals surface area contributed by atoms with Crippen molar-refractivity contribution in [1.82, 2.24) is 9.80 Å². The molecule has 0 saturated carbocycles. The molecule has 5 rings (SSSR count). The fraction of sp³-hybridized carbons (Fsp3) is 0.286. The second-order valence-corrected chi connectivity index (χ2v) is 8.97. The molecule has 6 nitrogen and oxygen atoms in total. The van der Waals surface area contributed by atoms with Crippen LogP contribution in [0.4, 0.5) is 4.79 Å². The Labute approximate surface area is 199 Å². The number of hydrogen-bond donors (Lipinski definition) is 1. The van der Waals surface area contributed by atoms with E-state index in [1.54, 1.807) is 4.90 Å². The van der Waals surface area contributed by atoms with Crippen LogP contribution in [0, 0.1) is 0 Å². The molecule has 0 radical (unpaired) electrons. The summed E-state index contributed by atoms with van der Waals surface area (Å²) in [6, 6.07) is 26.1. The van der Waals surface area contributed by atoms with E-state index in [1.807, 2.05) is 42.5 Å². The van der Waals surface area contributed by atoms with Gasteiger partial charge in [0.25, 0.3) is 0 Å². The maximum atomic E-state index is 13.1.